The van der Waals surface area contributed by atoms with Crippen LogP contribution in [0.1, 0.15) is 56.0 Å². The average molecular weight is 765 g/mol. The van der Waals surface area contributed by atoms with Crippen molar-refractivity contribution in [1.82, 2.24) is 20.0 Å². The molecular weight excluding hydrogens is 713 g/mol. The van der Waals surface area contributed by atoms with Crippen LogP contribution in [0, 0.1) is 0 Å². The van der Waals surface area contributed by atoms with Gasteiger partial charge in [0.05, 0.1) is 45.9 Å². The van der Waals surface area contributed by atoms with E-state index < -0.39 is 29.9 Å². The molecule has 1 heterocycles. The van der Waals surface area contributed by atoms with Gasteiger partial charge >= 0.3 is 0 Å². The minimum Gasteiger partial charge on any atom is -0.497 e. The van der Waals surface area contributed by atoms with E-state index in [1.165, 1.54) is 9.80 Å². The van der Waals surface area contributed by atoms with Crippen molar-refractivity contribution < 1.29 is 38.1 Å². The van der Waals surface area contributed by atoms with E-state index in [2.05, 4.69) is 5.32 Å². The van der Waals surface area contributed by atoms with Crippen molar-refractivity contribution in [3.05, 3.63) is 120 Å². The third-order valence-corrected chi connectivity index (χ3v) is 10.0. The first kappa shape index (κ1) is 41.3. The first-order chi connectivity index (χ1) is 27.1. The van der Waals surface area contributed by atoms with Gasteiger partial charge in [-0.25, -0.2) is 0 Å². The van der Waals surface area contributed by atoms with Crippen LogP contribution in [0.4, 0.5) is 0 Å². The molecule has 1 aliphatic rings. The van der Waals surface area contributed by atoms with Crippen molar-refractivity contribution in [2.45, 2.75) is 51.7 Å². The summed E-state index contributed by atoms with van der Waals surface area (Å²) in [5, 5.41) is 2.84. The minimum atomic E-state index is -0.896. The lowest BCUT2D eigenvalue weighted by Crippen LogP contribution is -2.52. The Kier molecular flexibility index (Phi) is 14.9. The van der Waals surface area contributed by atoms with Gasteiger partial charge < -0.3 is 39.0 Å². The van der Waals surface area contributed by atoms with Gasteiger partial charge in [0.1, 0.15) is 42.1 Å². The summed E-state index contributed by atoms with van der Waals surface area (Å²) < 4.78 is 22.8. The molecule has 4 amide bonds. The van der Waals surface area contributed by atoms with E-state index in [0.717, 1.165) is 16.7 Å². The van der Waals surface area contributed by atoms with Gasteiger partial charge in [0.25, 0.3) is 0 Å². The summed E-state index contributed by atoms with van der Waals surface area (Å²) >= 11 is 0. The van der Waals surface area contributed by atoms with E-state index in [0.29, 0.717) is 36.0 Å². The molecule has 296 valence electrons. The number of nitrogens with zero attached hydrogens (tertiary/aromatic N) is 3. The van der Waals surface area contributed by atoms with Crippen LogP contribution in [0.25, 0.3) is 0 Å². The summed E-state index contributed by atoms with van der Waals surface area (Å²) in [7, 11) is 3.15. The Morgan fingerprint density at radius 2 is 1.27 bits per heavy atom. The van der Waals surface area contributed by atoms with Crippen LogP contribution in [0.5, 0.6) is 23.0 Å². The second kappa shape index (κ2) is 20.2. The summed E-state index contributed by atoms with van der Waals surface area (Å²) in [5.74, 6) is 1.18. The summed E-state index contributed by atoms with van der Waals surface area (Å²) in [5.41, 5.74) is 2.49. The van der Waals surface area contributed by atoms with Crippen molar-refractivity contribution in [1.29, 1.82) is 0 Å². The lowest BCUT2D eigenvalue weighted by molar-refractivity contribution is -0.146. The Morgan fingerprint density at radius 3 is 1.88 bits per heavy atom. The zero-order valence-electron chi connectivity index (χ0n) is 32.8. The summed E-state index contributed by atoms with van der Waals surface area (Å²) in [6, 6.07) is 29.8. The molecule has 0 saturated carbocycles. The number of hydrogen-bond donors (Lipinski definition) is 1. The number of hydrogen-bond acceptors (Lipinski definition) is 8. The number of rotatable bonds is 11. The molecule has 0 radical (unpaired) electrons. The van der Waals surface area contributed by atoms with Gasteiger partial charge in [-0.2, -0.15) is 0 Å². The fourth-order valence-electron chi connectivity index (χ4n) is 6.61. The van der Waals surface area contributed by atoms with Gasteiger partial charge in [0.15, 0.2) is 0 Å². The number of nitrogens with one attached hydrogen (secondary N) is 1. The maximum Gasteiger partial charge on any atom is 0.244 e. The van der Waals surface area contributed by atoms with E-state index >= 15 is 0 Å². The summed E-state index contributed by atoms with van der Waals surface area (Å²) in [6.07, 6.45) is 0.491. The topological polar surface area (TPSA) is 127 Å². The van der Waals surface area contributed by atoms with Crippen molar-refractivity contribution >= 4 is 23.6 Å². The molecule has 0 aromatic heterocycles. The van der Waals surface area contributed by atoms with Crippen LogP contribution in [-0.4, -0.2) is 98.0 Å². The predicted octanol–water partition coefficient (Wildman–Crippen LogP) is 5.97. The van der Waals surface area contributed by atoms with E-state index in [9.17, 15) is 19.2 Å². The third kappa shape index (κ3) is 11.1. The molecule has 12 heteroatoms. The smallest absolute Gasteiger partial charge is 0.244 e. The largest absolute Gasteiger partial charge is 0.497 e. The van der Waals surface area contributed by atoms with E-state index in [4.69, 9.17) is 18.9 Å². The molecule has 4 aromatic rings. The molecule has 1 N–H and O–H groups in total. The van der Waals surface area contributed by atoms with Gasteiger partial charge in [0, 0.05) is 13.1 Å². The molecule has 12 nitrogen and oxygen atoms in total. The van der Waals surface area contributed by atoms with Crippen molar-refractivity contribution in [3.63, 3.8) is 0 Å². The van der Waals surface area contributed by atoms with Crippen molar-refractivity contribution in [2.75, 3.05) is 53.6 Å². The van der Waals surface area contributed by atoms with E-state index in [1.807, 2.05) is 105 Å². The maximum absolute atomic E-state index is 14.3. The number of benzene rings is 4. The number of ether oxygens (including phenoxy) is 4. The second-order valence-corrected chi connectivity index (χ2v) is 13.7. The van der Waals surface area contributed by atoms with Gasteiger partial charge in [-0.3, -0.25) is 19.2 Å². The lowest BCUT2D eigenvalue weighted by atomic mass is 10.0. The molecule has 4 aromatic carbocycles. The number of methoxy groups -OCH3 is 2. The zero-order chi connectivity index (χ0) is 40.0. The van der Waals surface area contributed by atoms with Crippen LogP contribution in [0.3, 0.4) is 0 Å². The molecular formula is C44H52N4O8. The average Bonchev–Trinajstić information content (AvgIpc) is 3.22. The molecule has 1 saturated heterocycles. The van der Waals surface area contributed by atoms with Gasteiger partial charge in [-0.1, -0.05) is 60.7 Å². The fraction of sp³-hybridized carbons (Fsp3) is 0.364. The maximum atomic E-state index is 14.3. The first-order valence-electron chi connectivity index (χ1n) is 18.9. The molecule has 0 bridgehead atoms. The Hall–Kier alpha value is -5.88. The third-order valence-electron chi connectivity index (χ3n) is 10.0. The van der Waals surface area contributed by atoms with Crippen molar-refractivity contribution in [3.8, 4) is 23.0 Å². The number of carbonyl (C=O) groups is 4. The Labute approximate surface area is 329 Å². The highest BCUT2D eigenvalue weighted by molar-refractivity contribution is 5.91. The van der Waals surface area contributed by atoms with Crippen LogP contribution in [0.15, 0.2) is 103 Å². The molecule has 1 fully saturated rings. The van der Waals surface area contributed by atoms with Gasteiger partial charge in [-0.15, -0.1) is 0 Å². The molecule has 1 aliphatic heterocycles. The van der Waals surface area contributed by atoms with Crippen molar-refractivity contribution in [2.24, 2.45) is 0 Å². The summed E-state index contributed by atoms with van der Waals surface area (Å²) in [4.78, 5) is 60.6. The van der Waals surface area contributed by atoms with Crippen LogP contribution >= 0.6 is 0 Å². The van der Waals surface area contributed by atoms with Crippen LogP contribution < -0.4 is 19.5 Å². The highest BCUT2D eigenvalue weighted by Gasteiger charge is 2.31. The number of carbonyl (C=O) groups excluding carboxylic acids is 4. The van der Waals surface area contributed by atoms with Gasteiger partial charge in [0.2, 0.25) is 23.6 Å². The van der Waals surface area contributed by atoms with E-state index in [-0.39, 0.29) is 51.1 Å². The highest BCUT2D eigenvalue weighted by atomic mass is 16.5. The van der Waals surface area contributed by atoms with Gasteiger partial charge in [-0.05, 0) is 86.3 Å². The van der Waals surface area contributed by atoms with Crippen LogP contribution in [0.2, 0.25) is 0 Å². The molecule has 0 unspecified atom stereocenters. The molecule has 0 spiro atoms. The summed E-state index contributed by atoms with van der Waals surface area (Å²) in [6.45, 7) is 5.53. The highest BCUT2D eigenvalue weighted by Crippen LogP contribution is 2.28. The Morgan fingerprint density at radius 1 is 0.696 bits per heavy atom. The number of para-hydroxylation sites is 2. The SMILES string of the molecule is COc1ccc([C@H](C)N2CC(=O)N[C@H](C)C(=O)N(CCc3ccccc3Oc3ccccc3)CCOCCC(=O)N([C@@H](C)c3ccc(OC)cc3)CC2=O)cc1. The quantitative estimate of drug-likeness (QED) is 0.198. The monoisotopic (exact) mass is 764 g/mol. The van der Waals surface area contributed by atoms with E-state index in [1.54, 1.807) is 38.2 Å². The minimum absolute atomic E-state index is 0.0108. The standard InChI is InChI=1S/C44H52N4O8/c1-31-44(52)46(25-23-36-11-9-10-14-40(36)56-39-12-7-6-8-13-39)26-28-55-27-24-42(50)48(33(3)35-17-21-38(54-5)22-18-35)30-43(51)47(29-41(49)45-31)32(2)34-15-19-37(53-4)20-16-34/h6-22,31-33H,23-30H2,1-5H3,(H,45,49)/t31-,32+,33+/m1/s1. The second-order valence-electron chi connectivity index (χ2n) is 13.7. The molecule has 56 heavy (non-hydrogen) atoms. The first-order valence-corrected chi connectivity index (χ1v) is 18.9. The Balaban J connectivity index is 1.40. The molecule has 5 rings (SSSR count). The lowest BCUT2D eigenvalue weighted by Gasteiger charge is -2.35. The Bertz CT molecular complexity index is 1900. The molecule has 0 aliphatic carbocycles. The zero-order valence-corrected chi connectivity index (χ0v) is 32.8. The fourth-order valence-corrected chi connectivity index (χ4v) is 6.61. The normalized spacial score (nSPS) is 17.6. The molecule has 3 atom stereocenters. The predicted molar refractivity (Wildman–Crippen MR) is 213 cm³/mol. The number of amides is 4. The van der Waals surface area contributed by atoms with Crippen LogP contribution in [-0.2, 0) is 30.3 Å².